The number of rotatable bonds is 2. The van der Waals surface area contributed by atoms with Gasteiger partial charge in [-0.25, -0.2) is 4.68 Å². The highest BCUT2D eigenvalue weighted by molar-refractivity contribution is 9.10. The lowest BCUT2D eigenvalue weighted by Crippen LogP contribution is -2.07. The van der Waals surface area contributed by atoms with Crippen LogP contribution in [0.15, 0.2) is 22.8 Å². The van der Waals surface area contributed by atoms with Gasteiger partial charge in [-0.1, -0.05) is 34.5 Å². The SMILES string of the molecule is Cn1nnc(Br)c1C(O)c1ccc(Cl)c(Cl)c1. The summed E-state index contributed by atoms with van der Waals surface area (Å²) >= 11 is 15.0. The molecule has 0 aliphatic rings. The Morgan fingerprint density at radius 3 is 2.59 bits per heavy atom. The summed E-state index contributed by atoms with van der Waals surface area (Å²) in [6.07, 6.45) is -0.862. The monoisotopic (exact) mass is 335 g/mol. The molecule has 90 valence electrons. The first kappa shape index (κ1) is 12.8. The highest BCUT2D eigenvalue weighted by Crippen LogP contribution is 2.30. The predicted octanol–water partition coefficient (Wildman–Crippen LogP) is 2.97. The van der Waals surface area contributed by atoms with E-state index in [1.807, 2.05) is 0 Å². The van der Waals surface area contributed by atoms with Crippen molar-refractivity contribution in [2.45, 2.75) is 6.10 Å². The zero-order valence-corrected chi connectivity index (χ0v) is 11.8. The van der Waals surface area contributed by atoms with E-state index in [0.29, 0.717) is 25.9 Å². The summed E-state index contributed by atoms with van der Waals surface area (Å²) < 4.78 is 2.00. The molecule has 1 aromatic carbocycles. The fourth-order valence-corrected chi connectivity index (χ4v) is 2.32. The molecule has 1 N–H and O–H groups in total. The molecule has 1 heterocycles. The maximum absolute atomic E-state index is 10.2. The second-order valence-electron chi connectivity index (χ2n) is 3.47. The van der Waals surface area contributed by atoms with E-state index in [2.05, 4.69) is 26.2 Å². The predicted molar refractivity (Wildman–Crippen MR) is 69.2 cm³/mol. The second-order valence-corrected chi connectivity index (χ2v) is 5.03. The van der Waals surface area contributed by atoms with E-state index in [1.165, 1.54) is 4.68 Å². The fraction of sp³-hybridized carbons (Fsp3) is 0.200. The number of halogens is 3. The van der Waals surface area contributed by atoms with E-state index in [9.17, 15) is 5.11 Å². The summed E-state index contributed by atoms with van der Waals surface area (Å²) in [4.78, 5) is 0. The van der Waals surface area contributed by atoms with E-state index < -0.39 is 6.10 Å². The molecule has 2 rings (SSSR count). The summed E-state index contributed by atoms with van der Waals surface area (Å²) in [5, 5.41) is 18.7. The van der Waals surface area contributed by atoms with Crippen molar-refractivity contribution in [3.63, 3.8) is 0 Å². The molecule has 2 aromatic rings. The minimum absolute atomic E-state index is 0.398. The quantitative estimate of drug-likeness (QED) is 0.917. The minimum Gasteiger partial charge on any atom is -0.382 e. The molecule has 0 saturated heterocycles. The Morgan fingerprint density at radius 2 is 2.06 bits per heavy atom. The molecule has 0 bridgehead atoms. The number of aliphatic hydroxyl groups is 1. The highest BCUT2D eigenvalue weighted by Gasteiger charge is 2.20. The Morgan fingerprint density at radius 1 is 1.35 bits per heavy atom. The van der Waals surface area contributed by atoms with Crippen molar-refractivity contribution >= 4 is 39.1 Å². The van der Waals surface area contributed by atoms with Gasteiger partial charge in [-0.15, -0.1) is 5.10 Å². The molecule has 17 heavy (non-hydrogen) atoms. The van der Waals surface area contributed by atoms with Crippen LogP contribution in [0.2, 0.25) is 10.0 Å². The molecule has 0 aliphatic heterocycles. The lowest BCUT2D eigenvalue weighted by atomic mass is 10.1. The topological polar surface area (TPSA) is 50.9 Å². The first-order valence-electron chi connectivity index (χ1n) is 4.68. The number of nitrogens with zero attached hydrogens (tertiary/aromatic N) is 3. The molecule has 1 aromatic heterocycles. The number of hydrogen-bond acceptors (Lipinski definition) is 3. The van der Waals surface area contributed by atoms with Gasteiger partial charge >= 0.3 is 0 Å². The molecule has 0 fully saturated rings. The van der Waals surface area contributed by atoms with Crippen LogP contribution in [0.3, 0.4) is 0 Å². The first-order chi connectivity index (χ1) is 8.00. The Balaban J connectivity index is 2.43. The van der Waals surface area contributed by atoms with Crippen molar-refractivity contribution in [1.82, 2.24) is 15.0 Å². The van der Waals surface area contributed by atoms with Gasteiger partial charge < -0.3 is 5.11 Å². The van der Waals surface area contributed by atoms with Gasteiger partial charge in [0.15, 0.2) is 4.60 Å². The zero-order chi connectivity index (χ0) is 12.6. The third kappa shape index (κ3) is 2.47. The summed E-state index contributed by atoms with van der Waals surface area (Å²) in [5.41, 5.74) is 1.19. The molecular formula is C10H8BrCl2N3O. The van der Waals surface area contributed by atoms with E-state index in [-0.39, 0.29) is 0 Å². The van der Waals surface area contributed by atoms with E-state index in [4.69, 9.17) is 23.2 Å². The maximum atomic E-state index is 10.2. The summed E-state index contributed by atoms with van der Waals surface area (Å²) in [7, 11) is 1.70. The maximum Gasteiger partial charge on any atom is 0.154 e. The van der Waals surface area contributed by atoms with E-state index in [0.717, 1.165) is 0 Å². The molecular weight excluding hydrogens is 329 g/mol. The van der Waals surface area contributed by atoms with Crippen molar-refractivity contribution in [2.75, 3.05) is 0 Å². The van der Waals surface area contributed by atoms with E-state index in [1.54, 1.807) is 25.2 Å². The van der Waals surface area contributed by atoms with Gasteiger partial charge in [0.2, 0.25) is 0 Å². The van der Waals surface area contributed by atoms with Crippen LogP contribution < -0.4 is 0 Å². The number of aryl methyl sites for hydroxylation is 1. The van der Waals surface area contributed by atoms with Gasteiger partial charge in [0.25, 0.3) is 0 Å². The van der Waals surface area contributed by atoms with Crippen molar-refractivity contribution in [3.8, 4) is 0 Å². The third-order valence-electron chi connectivity index (χ3n) is 2.35. The van der Waals surface area contributed by atoms with Crippen LogP contribution in [-0.2, 0) is 7.05 Å². The zero-order valence-electron chi connectivity index (χ0n) is 8.73. The molecule has 7 heteroatoms. The second kappa shape index (κ2) is 4.94. The highest BCUT2D eigenvalue weighted by atomic mass is 79.9. The van der Waals surface area contributed by atoms with Crippen LogP contribution in [0.1, 0.15) is 17.4 Å². The molecule has 0 saturated carbocycles. The third-order valence-corrected chi connectivity index (χ3v) is 3.65. The molecule has 0 spiro atoms. The van der Waals surface area contributed by atoms with Gasteiger partial charge in [0.05, 0.1) is 10.0 Å². The summed E-state index contributed by atoms with van der Waals surface area (Å²) in [5.74, 6) is 0. The van der Waals surface area contributed by atoms with Crippen molar-refractivity contribution < 1.29 is 5.11 Å². The molecule has 1 atom stereocenters. The first-order valence-corrected chi connectivity index (χ1v) is 6.23. The van der Waals surface area contributed by atoms with Crippen LogP contribution in [0, 0.1) is 0 Å². The standard InChI is InChI=1S/C10H8BrCl2N3O/c1-16-8(10(11)14-15-16)9(17)5-2-3-6(12)7(13)4-5/h2-4,9,17H,1H3. The lowest BCUT2D eigenvalue weighted by molar-refractivity contribution is 0.209. The van der Waals surface area contributed by atoms with Gasteiger partial charge in [0, 0.05) is 7.05 Å². The Labute approximate surface area is 116 Å². The number of aliphatic hydroxyl groups excluding tert-OH is 1. The molecule has 4 nitrogen and oxygen atoms in total. The summed E-state index contributed by atoms with van der Waals surface area (Å²) in [6, 6.07) is 4.96. The Kier molecular flexibility index (Phi) is 3.73. The van der Waals surface area contributed by atoms with Crippen LogP contribution >= 0.6 is 39.1 Å². The van der Waals surface area contributed by atoms with Crippen LogP contribution in [-0.4, -0.2) is 20.1 Å². The molecule has 0 radical (unpaired) electrons. The smallest absolute Gasteiger partial charge is 0.154 e. The Hall–Kier alpha value is -0.620. The van der Waals surface area contributed by atoms with Gasteiger partial charge in [0.1, 0.15) is 11.8 Å². The minimum atomic E-state index is -0.862. The average Bonchev–Trinajstić information content (AvgIpc) is 2.62. The summed E-state index contributed by atoms with van der Waals surface area (Å²) in [6.45, 7) is 0. The number of hydrogen-bond donors (Lipinski definition) is 1. The molecule has 1 unspecified atom stereocenters. The van der Waals surface area contributed by atoms with Crippen LogP contribution in [0.4, 0.5) is 0 Å². The lowest BCUT2D eigenvalue weighted by Gasteiger charge is -2.12. The van der Waals surface area contributed by atoms with Crippen molar-refractivity contribution in [2.24, 2.45) is 7.05 Å². The van der Waals surface area contributed by atoms with Gasteiger partial charge in [-0.05, 0) is 33.6 Å². The van der Waals surface area contributed by atoms with Gasteiger partial charge in [-0.3, -0.25) is 0 Å². The fourth-order valence-electron chi connectivity index (χ4n) is 1.47. The van der Waals surface area contributed by atoms with Crippen LogP contribution in [0.25, 0.3) is 0 Å². The van der Waals surface area contributed by atoms with E-state index >= 15 is 0 Å². The molecule has 0 amide bonds. The number of benzene rings is 1. The van der Waals surface area contributed by atoms with Crippen LogP contribution in [0.5, 0.6) is 0 Å². The number of aromatic nitrogens is 3. The van der Waals surface area contributed by atoms with Gasteiger partial charge in [-0.2, -0.15) is 0 Å². The Bertz CT molecular complexity index is 539. The van der Waals surface area contributed by atoms with Crippen molar-refractivity contribution in [3.05, 3.63) is 44.1 Å². The molecule has 0 aliphatic carbocycles. The largest absolute Gasteiger partial charge is 0.382 e. The average molecular weight is 337 g/mol. The normalized spacial score (nSPS) is 12.8. The van der Waals surface area contributed by atoms with Crippen molar-refractivity contribution in [1.29, 1.82) is 0 Å².